The van der Waals surface area contributed by atoms with Gasteiger partial charge in [-0.3, -0.25) is 0 Å². The molecule has 1 aliphatic carbocycles. The minimum absolute atomic E-state index is 0.224. The van der Waals surface area contributed by atoms with E-state index in [9.17, 15) is 0 Å². The Balaban J connectivity index is 1.05. The molecule has 0 saturated carbocycles. The van der Waals surface area contributed by atoms with E-state index in [2.05, 4.69) is 374 Å². The predicted molar refractivity (Wildman–Crippen MR) is 470 cm³/mol. The van der Waals surface area contributed by atoms with E-state index in [1.54, 1.807) is 0 Å². The lowest BCUT2D eigenvalue weighted by atomic mass is 9.79. The Morgan fingerprint density at radius 1 is 0.204 bits per heavy atom. The molecule has 0 saturated heterocycles. The zero-order valence-electron chi connectivity index (χ0n) is 65.6. The molecule has 12 aromatic carbocycles. The van der Waals surface area contributed by atoms with Crippen LogP contribution in [-0.2, 0) is 47.3 Å². The van der Waals surface area contributed by atoms with E-state index in [4.69, 9.17) is 18.9 Å². The molecule has 0 fully saturated rings. The maximum absolute atomic E-state index is 7.82. The Kier molecular flexibility index (Phi) is 25.2. The van der Waals surface area contributed by atoms with Gasteiger partial charge in [0.05, 0.1) is 26.4 Å². The fourth-order valence-electron chi connectivity index (χ4n) is 14.8. The summed E-state index contributed by atoms with van der Waals surface area (Å²) in [7, 11) is -3.07. The van der Waals surface area contributed by atoms with Gasteiger partial charge in [0.1, 0.15) is 23.0 Å². The van der Waals surface area contributed by atoms with Gasteiger partial charge in [-0.1, -0.05) is 374 Å². The van der Waals surface area contributed by atoms with E-state index in [0.717, 1.165) is 92.2 Å². The highest BCUT2D eigenvalue weighted by Gasteiger charge is 2.32. The third-order valence-electron chi connectivity index (χ3n) is 20.7. The van der Waals surface area contributed by atoms with E-state index in [1.807, 2.05) is 0 Å². The van der Waals surface area contributed by atoms with E-state index in [-0.39, 0.29) is 21.7 Å². The highest BCUT2D eigenvalue weighted by atomic mass is 31.1. The van der Waals surface area contributed by atoms with Crippen molar-refractivity contribution in [1.82, 2.24) is 0 Å². The van der Waals surface area contributed by atoms with Crippen LogP contribution in [0.15, 0.2) is 291 Å². The Labute approximate surface area is 651 Å². The minimum Gasteiger partial charge on any atom is -0.493 e. The Morgan fingerprint density at radius 2 is 0.333 bits per heavy atom. The molecular weight excluding hydrogens is 1390 g/mol. The van der Waals surface area contributed by atoms with E-state index in [1.165, 1.54) is 64.7 Å². The van der Waals surface area contributed by atoms with Gasteiger partial charge in [0, 0.05) is 50.3 Å². The van der Waals surface area contributed by atoms with Gasteiger partial charge < -0.3 is 18.9 Å². The number of fused-ring (bicyclic) bond motifs is 8. The third-order valence-corrected chi connectivity index (χ3v) is 30.6. The minimum atomic E-state index is -0.768. The van der Waals surface area contributed by atoms with Crippen molar-refractivity contribution in [2.24, 2.45) is 0 Å². The van der Waals surface area contributed by atoms with Crippen LogP contribution >= 0.6 is 31.7 Å². The average Bonchev–Trinajstić information content (AvgIpc) is 0.769. The summed E-state index contributed by atoms with van der Waals surface area (Å²) in [6, 6.07) is 109. The van der Waals surface area contributed by atoms with E-state index in [0.29, 0.717) is 52.1 Å². The molecule has 0 atom stereocenters. The molecule has 1 aliphatic rings. The van der Waals surface area contributed by atoms with Crippen LogP contribution in [0.2, 0.25) is 0 Å². The molecule has 0 radical (unpaired) electrons. The molecule has 0 heterocycles. The van der Waals surface area contributed by atoms with Gasteiger partial charge in [0.2, 0.25) is 0 Å². The van der Waals surface area contributed by atoms with Crippen LogP contribution in [0.4, 0.5) is 0 Å². The molecule has 0 N–H and O–H groups in total. The average molecular weight is 1500 g/mol. The van der Waals surface area contributed by atoms with Crippen molar-refractivity contribution in [2.45, 2.75) is 130 Å². The zero-order valence-corrected chi connectivity index (χ0v) is 69.2. The summed E-state index contributed by atoms with van der Waals surface area (Å²) in [5, 5.41) is 10.8. The fourth-order valence-corrected chi connectivity index (χ4v) is 23.4. The summed E-state index contributed by atoms with van der Waals surface area (Å²) in [6.45, 7) is 30.5. The molecule has 0 unspecified atom stereocenters. The molecule has 13 rings (SSSR count). The maximum Gasteiger partial charge on any atom is 0.126 e. The summed E-state index contributed by atoms with van der Waals surface area (Å²) in [5.74, 6) is 3.79. The smallest absolute Gasteiger partial charge is 0.126 e. The second kappa shape index (κ2) is 35.1. The molecule has 0 spiro atoms. The monoisotopic (exact) mass is 1500 g/mol. The number of hydrogen-bond acceptors (Lipinski definition) is 4. The van der Waals surface area contributed by atoms with Gasteiger partial charge in [-0.05, 0) is 163 Å². The van der Waals surface area contributed by atoms with Gasteiger partial charge in [-0.25, -0.2) is 0 Å². The largest absolute Gasteiger partial charge is 0.493 e. The van der Waals surface area contributed by atoms with Crippen molar-refractivity contribution in [3.63, 3.8) is 0 Å². The summed E-state index contributed by atoms with van der Waals surface area (Å²) in [5.41, 5.74) is 13.4. The Hall–Kier alpha value is -8.44. The molecule has 4 nitrogen and oxygen atoms in total. The summed E-state index contributed by atoms with van der Waals surface area (Å²) >= 11 is 0. The highest BCUT2D eigenvalue weighted by molar-refractivity contribution is 7.74. The summed E-state index contributed by atoms with van der Waals surface area (Å²) in [4.78, 5) is 0. The summed E-state index contributed by atoms with van der Waals surface area (Å²) < 4.78 is 31.3. The van der Waals surface area contributed by atoms with Gasteiger partial charge in [-0.15, -0.1) is 0 Å². The molecule has 0 amide bonds. The maximum atomic E-state index is 7.82. The van der Waals surface area contributed by atoms with Crippen LogP contribution < -0.4 is 61.4 Å². The highest BCUT2D eigenvalue weighted by Crippen LogP contribution is 2.47. The molecule has 8 heteroatoms. The normalized spacial score (nSPS) is 12.7. The van der Waals surface area contributed by atoms with Crippen LogP contribution in [0.25, 0.3) is 0 Å². The third kappa shape index (κ3) is 19.6. The van der Waals surface area contributed by atoms with Crippen molar-refractivity contribution >= 4 is 74.1 Å². The standard InChI is InChI=1S/C100H108O4P4/c1-97(2,3)81-65-73-61-75-67-82(98(4,5)6)69-77(94(75)102-54-58-106(87-41-25-15-26-42-87)88-43-27-16-28-44-88)63-79-71-84(100(10,11)12)72-80(96(79)104-56-60-108(91-49-33-19-34-50-91)92-51-35-20-36-52-92)64-78-70-83(99(7,8)9)68-76(95(78)103-55-59-107(89-45-29-17-30-46-89)90-47-31-18-32-48-90)62-74(66-81)93(73)101-53-57-105(85-37-21-13-22-38-85)86-39-23-14-24-40-86/h13-52,65-72H,53-64H2,1-12H3. The second-order valence-corrected chi connectivity index (χ2v) is 42.2. The van der Waals surface area contributed by atoms with Crippen molar-refractivity contribution in [2.75, 3.05) is 51.1 Å². The number of ether oxygens (including phenoxy) is 4. The first-order valence-corrected chi connectivity index (χ1v) is 44.9. The van der Waals surface area contributed by atoms with Crippen molar-refractivity contribution in [3.05, 3.63) is 358 Å². The topological polar surface area (TPSA) is 36.9 Å². The lowest BCUT2D eigenvalue weighted by Gasteiger charge is -2.30. The Bertz CT molecular complexity index is 4020. The van der Waals surface area contributed by atoms with Gasteiger partial charge in [-0.2, -0.15) is 0 Å². The lowest BCUT2D eigenvalue weighted by Crippen LogP contribution is -2.20. The molecule has 0 aromatic heterocycles. The second-order valence-electron chi connectivity index (χ2n) is 32.9. The molecular formula is C100H108O4P4. The van der Waals surface area contributed by atoms with Crippen LogP contribution in [0.3, 0.4) is 0 Å². The fraction of sp³-hybridized carbons (Fsp3) is 0.280. The van der Waals surface area contributed by atoms with Crippen molar-refractivity contribution in [3.8, 4) is 23.0 Å². The molecule has 8 bridgehead atoms. The molecule has 12 aromatic rings. The lowest BCUT2D eigenvalue weighted by molar-refractivity contribution is 0.328. The number of hydrogen-bond donors (Lipinski definition) is 0. The predicted octanol–water partition coefficient (Wildman–Crippen LogP) is 21.6. The molecule has 552 valence electrons. The van der Waals surface area contributed by atoms with Crippen molar-refractivity contribution < 1.29 is 18.9 Å². The van der Waals surface area contributed by atoms with E-state index >= 15 is 0 Å². The number of rotatable bonds is 24. The first-order valence-electron chi connectivity index (χ1n) is 38.8. The van der Waals surface area contributed by atoms with Crippen LogP contribution in [0.1, 0.15) is 150 Å². The molecule has 108 heavy (non-hydrogen) atoms. The van der Waals surface area contributed by atoms with Crippen LogP contribution in [0.5, 0.6) is 23.0 Å². The first kappa shape index (κ1) is 77.7. The molecule has 0 aliphatic heterocycles. The number of benzene rings is 12. The first-order chi connectivity index (χ1) is 52.1. The SMILES string of the molecule is CC(C)(C)c1cc2c(OCCP(c3ccccc3)c3ccccc3)c(c1)Cc1cc(C(C)(C)C)cc(c1OCCP(c1ccccc1)c1ccccc1)Cc1cc(C(C)(C)C)cc(c1OCCP(c1ccccc1)c1ccccc1)Cc1cc(C(C)(C)C)cc(c1OCCP(c1ccccc1)c1ccccc1)C2. The summed E-state index contributed by atoms with van der Waals surface area (Å²) in [6.07, 6.45) is 5.69. The Morgan fingerprint density at radius 3 is 0.454 bits per heavy atom. The van der Waals surface area contributed by atoms with Crippen LogP contribution in [-0.4, -0.2) is 51.1 Å². The van der Waals surface area contributed by atoms with Crippen LogP contribution in [0, 0.1) is 0 Å². The quantitative estimate of drug-likeness (QED) is 0.0565. The van der Waals surface area contributed by atoms with E-state index < -0.39 is 31.7 Å². The van der Waals surface area contributed by atoms with Crippen molar-refractivity contribution in [1.29, 1.82) is 0 Å². The van der Waals surface area contributed by atoms with Gasteiger partial charge in [0.25, 0.3) is 0 Å². The zero-order chi connectivity index (χ0) is 75.4. The van der Waals surface area contributed by atoms with Gasteiger partial charge >= 0.3 is 0 Å². The van der Waals surface area contributed by atoms with Gasteiger partial charge in [0.15, 0.2) is 0 Å².